The lowest BCUT2D eigenvalue weighted by Gasteiger charge is -2.32. The van der Waals surface area contributed by atoms with Gasteiger partial charge in [-0.3, -0.25) is 0 Å². The van der Waals surface area contributed by atoms with Gasteiger partial charge in [0.1, 0.15) is 0 Å². The van der Waals surface area contributed by atoms with Gasteiger partial charge < -0.3 is 9.64 Å². The quantitative estimate of drug-likeness (QED) is 0.748. The molecule has 2 fully saturated rings. The third-order valence-corrected chi connectivity index (χ3v) is 4.46. The normalized spacial score (nSPS) is 33.9. The third kappa shape index (κ3) is 2.85. The largest absolute Gasteiger partial charge is 0.384 e. The molecule has 0 aromatic carbocycles. The molecule has 2 unspecified atom stereocenters. The van der Waals surface area contributed by atoms with Crippen LogP contribution in [0.15, 0.2) is 0 Å². The summed E-state index contributed by atoms with van der Waals surface area (Å²) in [6, 6.07) is 0. The van der Waals surface area contributed by atoms with Crippen LogP contribution in [0.5, 0.6) is 0 Å². The van der Waals surface area contributed by atoms with Crippen LogP contribution >= 0.6 is 0 Å². The van der Waals surface area contributed by atoms with Crippen LogP contribution < -0.4 is 0 Å². The Bertz CT molecular complexity index is 267. The maximum atomic E-state index is 5.30. The number of likely N-dealkylation sites (tertiary alicyclic amines) is 1. The summed E-state index contributed by atoms with van der Waals surface area (Å²) in [6.07, 6.45) is 0. The Morgan fingerprint density at radius 3 is 2.00 bits per heavy atom. The monoisotopic (exact) mass is 239 g/mol. The molecule has 2 nitrogen and oxygen atoms in total. The van der Waals surface area contributed by atoms with Crippen molar-refractivity contribution in [1.82, 2.24) is 4.90 Å². The lowest BCUT2D eigenvalue weighted by Crippen LogP contribution is -2.38. The van der Waals surface area contributed by atoms with Crippen molar-refractivity contribution in [2.75, 3.05) is 33.4 Å². The summed E-state index contributed by atoms with van der Waals surface area (Å²) in [4.78, 5) is 2.65. The van der Waals surface area contributed by atoms with Crippen molar-refractivity contribution in [3.8, 4) is 0 Å². The van der Waals surface area contributed by atoms with Crippen LogP contribution in [0.25, 0.3) is 0 Å². The van der Waals surface area contributed by atoms with E-state index in [1.807, 2.05) is 0 Å². The average Bonchev–Trinajstić information content (AvgIpc) is 2.64. The first-order valence-corrected chi connectivity index (χ1v) is 6.96. The van der Waals surface area contributed by atoms with Gasteiger partial charge in [-0.25, -0.2) is 0 Å². The van der Waals surface area contributed by atoms with Crippen LogP contribution in [0.2, 0.25) is 0 Å². The molecule has 0 amide bonds. The van der Waals surface area contributed by atoms with Gasteiger partial charge in [0.2, 0.25) is 0 Å². The summed E-state index contributed by atoms with van der Waals surface area (Å²) < 4.78 is 5.30. The number of ether oxygens (including phenoxy) is 1. The maximum absolute atomic E-state index is 5.30. The van der Waals surface area contributed by atoms with Crippen molar-refractivity contribution in [2.45, 2.75) is 34.6 Å². The molecule has 0 N–H and O–H groups in total. The number of nitrogens with zero attached hydrogens (tertiary/aromatic N) is 1. The molecule has 17 heavy (non-hydrogen) atoms. The predicted octanol–water partition coefficient (Wildman–Crippen LogP) is 2.88. The Kier molecular flexibility index (Phi) is 3.33. The fourth-order valence-corrected chi connectivity index (χ4v) is 4.07. The number of hydrogen-bond acceptors (Lipinski definition) is 2. The molecule has 0 radical (unpaired) electrons. The molecule has 0 spiro atoms. The summed E-state index contributed by atoms with van der Waals surface area (Å²) in [6.45, 7) is 16.5. The molecule has 2 heteroatoms. The van der Waals surface area contributed by atoms with E-state index in [2.05, 4.69) is 39.5 Å². The Balaban J connectivity index is 1.80. The molecular weight excluding hydrogens is 210 g/mol. The number of hydrogen-bond donors (Lipinski definition) is 0. The minimum atomic E-state index is 0.294. The van der Waals surface area contributed by atoms with E-state index in [1.165, 1.54) is 19.6 Å². The predicted molar refractivity (Wildman–Crippen MR) is 72.0 cm³/mol. The van der Waals surface area contributed by atoms with Crippen molar-refractivity contribution in [2.24, 2.45) is 28.6 Å². The van der Waals surface area contributed by atoms with E-state index in [0.29, 0.717) is 10.8 Å². The van der Waals surface area contributed by atoms with Gasteiger partial charge in [0.25, 0.3) is 0 Å². The van der Waals surface area contributed by atoms with Crippen LogP contribution in [-0.4, -0.2) is 38.3 Å². The van der Waals surface area contributed by atoms with E-state index in [9.17, 15) is 0 Å². The van der Waals surface area contributed by atoms with Crippen molar-refractivity contribution in [3.05, 3.63) is 0 Å². The molecular formula is C15H29NO. The third-order valence-electron chi connectivity index (χ3n) is 4.46. The summed E-state index contributed by atoms with van der Waals surface area (Å²) >= 11 is 0. The minimum Gasteiger partial charge on any atom is -0.384 e. The number of fused-ring (bicyclic) bond motifs is 1. The number of piperidine rings is 1. The smallest absolute Gasteiger partial charge is 0.0525 e. The van der Waals surface area contributed by atoms with Gasteiger partial charge in [0.15, 0.2) is 0 Å². The highest BCUT2D eigenvalue weighted by atomic mass is 16.5. The molecule has 0 bridgehead atoms. The van der Waals surface area contributed by atoms with E-state index < -0.39 is 0 Å². The fourth-order valence-electron chi connectivity index (χ4n) is 4.07. The van der Waals surface area contributed by atoms with Crippen molar-refractivity contribution < 1.29 is 4.74 Å². The van der Waals surface area contributed by atoms with E-state index in [4.69, 9.17) is 4.74 Å². The first-order valence-electron chi connectivity index (χ1n) is 6.96. The Hall–Kier alpha value is -0.0800. The molecule has 1 heterocycles. The first kappa shape index (κ1) is 13.4. The second kappa shape index (κ2) is 4.24. The molecule has 100 valence electrons. The summed E-state index contributed by atoms with van der Waals surface area (Å²) in [5.41, 5.74) is 0.812. The van der Waals surface area contributed by atoms with Gasteiger partial charge in [0.05, 0.1) is 6.61 Å². The van der Waals surface area contributed by atoms with Gasteiger partial charge in [0, 0.05) is 32.2 Å². The lowest BCUT2D eigenvalue weighted by molar-refractivity contribution is 0.0695. The second-order valence-electron chi connectivity index (χ2n) is 8.01. The molecule has 2 aliphatic rings. The highest BCUT2D eigenvalue weighted by molar-refractivity contribution is 5.09. The molecule has 1 saturated heterocycles. The van der Waals surface area contributed by atoms with Crippen molar-refractivity contribution in [1.29, 1.82) is 0 Å². The van der Waals surface area contributed by atoms with Crippen LogP contribution in [0.1, 0.15) is 34.6 Å². The highest BCUT2D eigenvalue weighted by Gasteiger charge is 2.59. The fraction of sp³-hybridized carbons (Fsp3) is 1.00. The van der Waals surface area contributed by atoms with Gasteiger partial charge in [-0.1, -0.05) is 34.6 Å². The maximum Gasteiger partial charge on any atom is 0.0525 e. The Labute approximate surface area is 107 Å². The summed E-state index contributed by atoms with van der Waals surface area (Å²) in [7, 11) is 1.80. The highest BCUT2D eigenvalue weighted by Crippen LogP contribution is 2.59. The summed E-state index contributed by atoms with van der Waals surface area (Å²) in [5.74, 6) is 2.94. The van der Waals surface area contributed by atoms with Gasteiger partial charge in [-0.15, -0.1) is 0 Å². The SMILES string of the molecule is COCC(C)(C)CN1CC2C(C1)C2C(C)(C)C. The van der Waals surface area contributed by atoms with E-state index in [1.54, 1.807) is 7.11 Å². The Morgan fingerprint density at radius 2 is 1.59 bits per heavy atom. The molecule has 0 aromatic rings. The Morgan fingerprint density at radius 1 is 1.06 bits per heavy atom. The van der Waals surface area contributed by atoms with E-state index >= 15 is 0 Å². The van der Waals surface area contributed by atoms with Gasteiger partial charge >= 0.3 is 0 Å². The van der Waals surface area contributed by atoms with E-state index in [-0.39, 0.29) is 0 Å². The van der Waals surface area contributed by atoms with Gasteiger partial charge in [-0.05, 0) is 23.2 Å². The van der Waals surface area contributed by atoms with Crippen molar-refractivity contribution >= 4 is 0 Å². The number of methoxy groups -OCH3 is 1. The summed E-state index contributed by atoms with van der Waals surface area (Å²) in [5, 5.41) is 0. The van der Waals surface area contributed by atoms with Crippen LogP contribution in [0.3, 0.4) is 0 Å². The zero-order valence-electron chi connectivity index (χ0n) is 12.4. The lowest BCUT2D eigenvalue weighted by atomic mass is 9.86. The molecule has 1 aliphatic carbocycles. The average molecular weight is 239 g/mol. The van der Waals surface area contributed by atoms with E-state index in [0.717, 1.165) is 24.4 Å². The van der Waals surface area contributed by atoms with Crippen LogP contribution in [0, 0.1) is 28.6 Å². The second-order valence-corrected chi connectivity index (χ2v) is 8.01. The molecule has 1 saturated carbocycles. The zero-order valence-corrected chi connectivity index (χ0v) is 12.4. The molecule has 2 atom stereocenters. The van der Waals surface area contributed by atoms with Gasteiger partial charge in [-0.2, -0.15) is 0 Å². The first-order chi connectivity index (χ1) is 7.74. The standard InChI is InChI=1S/C15H29NO/c1-14(2,3)13-11-7-16(8-12(11)13)9-15(4,5)10-17-6/h11-13H,7-10H2,1-6H3. The van der Waals surface area contributed by atoms with Crippen LogP contribution in [-0.2, 0) is 4.74 Å². The molecule has 2 rings (SSSR count). The van der Waals surface area contributed by atoms with Crippen LogP contribution in [0.4, 0.5) is 0 Å². The topological polar surface area (TPSA) is 12.5 Å². The molecule has 0 aromatic heterocycles. The van der Waals surface area contributed by atoms with Crippen molar-refractivity contribution in [3.63, 3.8) is 0 Å². The zero-order chi connectivity index (χ0) is 12.8. The minimum absolute atomic E-state index is 0.294. The molecule has 1 aliphatic heterocycles. The number of rotatable bonds is 4.